The summed E-state index contributed by atoms with van der Waals surface area (Å²) in [5, 5.41) is 50.8. The summed E-state index contributed by atoms with van der Waals surface area (Å²) >= 11 is 0. The first-order chi connectivity index (χ1) is 36.0. The van der Waals surface area contributed by atoms with E-state index in [9.17, 15) is 44.0 Å². The number of hydrogen-bond donors (Lipinski definition) is 5. The van der Waals surface area contributed by atoms with Crippen molar-refractivity contribution in [1.82, 2.24) is 0 Å². The summed E-state index contributed by atoms with van der Waals surface area (Å²) in [6.07, 6.45) is -0.174. The molecule has 0 aromatic heterocycles. The third-order valence-corrected chi connectivity index (χ3v) is 13.7. The van der Waals surface area contributed by atoms with E-state index in [4.69, 9.17) is 14.2 Å². The van der Waals surface area contributed by atoms with E-state index in [1.807, 2.05) is 56.3 Å². The minimum absolute atomic E-state index is 0.0315. The van der Waals surface area contributed by atoms with Gasteiger partial charge in [0.05, 0.1) is 54.6 Å². The summed E-state index contributed by atoms with van der Waals surface area (Å²) in [4.78, 5) is -0.469. The van der Waals surface area contributed by atoms with Gasteiger partial charge >= 0.3 is 0 Å². The van der Waals surface area contributed by atoms with E-state index in [0.29, 0.717) is 39.0 Å². The van der Waals surface area contributed by atoms with Crippen LogP contribution in [0.3, 0.4) is 0 Å². The van der Waals surface area contributed by atoms with Crippen LogP contribution in [0.5, 0.6) is 23.0 Å². The van der Waals surface area contributed by atoms with Crippen LogP contribution in [0.2, 0.25) is 0 Å². The average Bonchev–Trinajstić information content (AvgIpc) is 3.37. The SMILES string of the molecule is COc1ccc(Nc2ccc3c(O)c(N=Nc4cc(C)c(N=Nc5cc(C)c(N=Nc6cc(C)c(N=Nc7ccccc7S(=O)(=O)O)cc6OCCCS(=O)(=O)O)cc5OCCCS(=O)(=O)O)cc4C)ccc3c2)cc1. The van der Waals surface area contributed by atoms with Gasteiger partial charge in [-0.2, -0.15) is 45.7 Å². The van der Waals surface area contributed by atoms with E-state index in [-0.39, 0.29) is 77.4 Å². The fourth-order valence-corrected chi connectivity index (χ4v) is 8.85. The minimum atomic E-state index is -4.63. The van der Waals surface area contributed by atoms with Gasteiger partial charge in [-0.05, 0) is 153 Å². The second kappa shape index (κ2) is 24.1. The first-order valence-electron chi connectivity index (χ1n) is 23.0. The number of azo groups is 4. The Morgan fingerprint density at radius 2 is 0.908 bits per heavy atom. The first-order valence-corrected chi connectivity index (χ1v) is 27.7. The molecule has 0 saturated heterocycles. The number of phenols is 1. The quantitative estimate of drug-likeness (QED) is 0.0239. The molecule has 0 heterocycles. The fourth-order valence-electron chi connectivity index (χ4n) is 7.27. The second-order valence-electron chi connectivity index (χ2n) is 17.1. The summed E-state index contributed by atoms with van der Waals surface area (Å²) in [6, 6.07) is 31.7. The second-order valence-corrected chi connectivity index (χ2v) is 21.6. The number of benzene rings is 7. The lowest BCUT2D eigenvalue weighted by Crippen LogP contribution is -2.08. The smallest absolute Gasteiger partial charge is 0.296 e. The zero-order valence-corrected chi connectivity index (χ0v) is 43.9. The van der Waals surface area contributed by atoms with E-state index in [1.165, 1.54) is 30.3 Å². The van der Waals surface area contributed by atoms with E-state index in [1.54, 1.807) is 57.4 Å². The number of rotatable bonds is 22. The molecule has 0 amide bonds. The Hall–Kier alpha value is -8.07. The van der Waals surface area contributed by atoms with Crippen LogP contribution in [-0.2, 0) is 30.4 Å². The topological polar surface area (TPSA) is 322 Å². The molecule has 0 bridgehead atoms. The molecule has 0 atom stereocenters. The third kappa shape index (κ3) is 15.3. The van der Waals surface area contributed by atoms with Gasteiger partial charge in [0.15, 0.2) is 5.75 Å². The average molecular weight is 1090 g/mol. The van der Waals surface area contributed by atoms with Crippen LogP contribution in [0.4, 0.5) is 56.9 Å². The fraction of sp³-hybridized carbons (Fsp3) is 0.216. The molecule has 0 radical (unpaired) electrons. The van der Waals surface area contributed by atoms with Crippen molar-refractivity contribution in [3.05, 3.63) is 138 Å². The summed E-state index contributed by atoms with van der Waals surface area (Å²) < 4.78 is 115. The van der Waals surface area contributed by atoms with E-state index in [2.05, 4.69) is 46.2 Å². The van der Waals surface area contributed by atoms with Crippen molar-refractivity contribution in [2.45, 2.75) is 45.4 Å². The van der Waals surface area contributed by atoms with Gasteiger partial charge in [-0.15, -0.1) is 20.5 Å². The molecule has 5 N–H and O–H groups in total. The van der Waals surface area contributed by atoms with Gasteiger partial charge in [0.2, 0.25) is 0 Å². The number of aromatic hydroxyl groups is 1. The molecule has 0 aliphatic rings. The van der Waals surface area contributed by atoms with Crippen LogP contribution in [0.25, 0.3) is 10.8 Å². The van der Waals surface area contributed by atoms with Gasteiger partial charge in [0.1, 0.15) is 44.9 Å². The lowest BCUT2D eigenvalue weighted by Gasteiger charge is -2.12. The number of nitrogens with zero attached hydrogens (tertiary/aromatic N) is 8. The number of fused-ring (bicyclic) bond motifs is 1. The first kappa shape index (κ1) is 55.7. The molecule has 0 aliphatic heterocycles. The van der Waals surface area contributed by atoms with E-state index >= 15 is 0 Å². The molecule has 22 nitrogen and oxygen atoms in total. The molecular formula is C51H51N9O13S3. The maximum Gasteiger partial charge on any atom is 0.296 e. The molecule has 0 fully saturated rings. The number of anilines is 2. The van der Waals surface area contributed by atoms with Crippen molar-refractivity contribution in [1.29, 1.82) is 0 Å². The molecule has 7 rings (SSSR count). The Kier molecular flexibility index (Phi) is 17.6. The van der Waals surface area contributed by atoms with Crippen molar-refractivity contribution in [3.63, 3.8) is 0 Å². The Morgan fingerprint density at radius 3 is 1.39 bits per heavy atom. The molecule has 0 unspecified atom stereocenters. The molecular weight excluding hydrogens is 1040 g/mol. The van der Waals surface area contributed by atoms with Crippen LogP contribution in [0.15, 0.2) is 161 Å². The monoisotopic (exact) mass is 1090 g/mol. The Bertz CT molecular complexity index is 3780. The van der Waals surface area contributed by atoms with Crippen LogP contribution in [-0.4, -0.2) is 75.8 Å². The van der Waals surface area contributed by atoms with Gasteiger partial charge in [0, 0.05) is 28.9 Å². The molecule has 76 heavy (non-hydrogen) atoms. The van der Waals surface area contributed by atoms with Gasteiger partial charge in [-0.1, -0.05) is 18.2 Å². The van der Waals surface area contributed by atoms with Gasteiger partial charge in [-0.25, -0.2) is 0 Å². The van der Waals surface area contributed by atoms with Crippen molar-refractivity contribution in [2.24, 2.45) is 40.9 Å². The van der Waals surface area contributed by atoms with Gasteiger partial charge in [0.25, 0.3) is 30.4 Å². The summed E-state index contributed by atoms with van der Waals surface area (Å²) in [5.41, 5.74) is 6.08. The Balaban J connectivity index is 1.14. The van der Waals surface area contributed by atoms with Crippen LogP contribution < -0.4 is 19.5 Å². The maximum atomic E-state index is 11.9. The highest BCUT2D eigenvalue weighted by atomic mass is 32.2. The highest BCUT2D eigenvalue weighted by Crippen LogP contribution is 2.42. The molecule has 0 spiro atoms. The highest BCUT2D eigenvalue weighted by molar-refractivity contribution is 7.86. The normalized spacial score (nSPS) is 12.4. The van der Waals surface area contributed by atoms with Crippen molar-refractivity contribution >= 4 is 98.0 Å². The number of phenolic OH excluding ortho intramolecular Hbond substituents is 1. The molecule has 396 valence electrons. The van der Waals surface area contributed by atoms with E-state index in [0.717, 1.165) is 28.6 Å². The number of nitrogens with one attached hydrogen (secondary N) is 1. The third-order valence-electron chi connectivity index (χ3n) is 11.2. The standard InChI is InChI=1S/C51H51N9O13S3/c1-31-25-43(32(2)24-42(31)55-54-41-19-12-35-28-37(15-18-39(35)51(41)61)52-36-13-16-38(71-5)17-14-36)56-59-46-27-34(4)45(30-49(46)73-21-9-23-75(65,66)67)58-60-47-26-33(3)44(29-48(47)72-20-8-22-74(62,63)64)57-53-40-10-6-7-11-50(40)76(68,69)70/h6-7,10-19,24-30,52,61H,8-9,20-23H2,1-5H3,(H,62,63,64)(H,65,66,67)(H,68,69,70). The summed E-state index contributed by atoms with van der Waals surface area (Å²) in [6.45, 7) is 6.67. The predicted molar refractivity (Wildman–Crippen MR) is 286 cm³/mol. The lowest BCUT2D eigenvalue weighted by atomic mass is 10.1. The number of methoxy groups -OCH3 is 1. The minimum Gasteiger partial charge on any atom is -0.505 e. The van der Waals surface area contributed by atoms with Gasteiger partial charge < -0.3 is 24.6 Å². The number of hydrogen-bond acceptors (Lipinski definition) is 19. The largest absolute Gasteiger partial charge is 0.505 e. The molecule has 25 heteroatoms. The number of aryl methyl sites for hydroxylation is 4. The van der Waals surface area contributed by atoms with Crippen LogP contribution >= 0.6 is 0 Å². The van der Waals surface area contributed by atoms with E-state index < -0.39 is 46.8 Å². The molecule has 7 aromatic rings. The van der Waals surface area contributed by atoms with Crippen LogP contribution in [0.1, 0.15) is 35.1 Å². The highest BCUT2D eigenvalue weighted by Gasteiger charge is 2.17. The zero-order chi connectivity index (χ0) is 54.8. The maximum absolute atomic E-state index is 11.9. The molecule has 0 aliphatic carbocycles. The molecule has 7 aromatic carbocycles. The van der Waals surface area contributed by atoms with Crippen molar-refractivity contribution in [3.8, 4) is 23.0 Å². The molecule has 0 saturated carbocycles. The Labute approximate surface area is 438 Å². The van der Waals surface area contributed by atoms with Gasteiger partial charge in [-0.3, -0.25) is 13.7 Å². The summed E-state index contributed by atoms with van der Waals surface area (Å²) in [5.74, 6) is -0.245. The van der Waals surface area contributed by atoms with Crippen molar-refractivity contribution in [2.75, 3.05) is 37.1 Å². The van der Waals surface area contributed by atoms with Crippen LogP contribution in [0, 0.1) is 27.7 Å². The summed E-state index contributed by atoms with van der Waals surface area (Å²) in [7, 11) is -11.6. The Morgan fingerprint density at radius 1 is 0.474 bits per heavy atom. The zero-order valence-electron chi connectivity index (χ0n) is 41.5. The number of ether oxygens (including phenoxy) is 3. The van der Waals surface area contributed by atoms with Crippen molar-refractivity contribution < 1.29 is 58.2 Å². The lowest BCUT2D eigenvalue weighted by molar-refractivity contribution is 0.317. The predicted octanol–water partition coefficient (Wildman–Crippen LogP) is 13.8.